The van der Waals surface area contributed by atoms with Gasteiger partial charge in [0.15, 0.2) is 0 Å². The lowest BCUT2D eigenvalue weighted by atomic mass is 10.0. The summed E-state index contributed by atoms with van der Waals surface area (Å²) >= 11 is 0. The van der Waals surface area contributed by atoms with Crippen molar-refractivity contribution in [2.45, 2.75) is 6.42 Å². The summed E-state index contributed by atoms with van der Waals surface area (Å²) in [7, 11) is 3.84. The van der Waals surface area contributed by atoms with Crippen LogP contribution in [0.15, 0.2) is 24.3 Å². The van der Waals surface area contributed by atoms with E-state index in [4.69, 9.17) is 4.74 Å². The van der Waals surface area contributed by atoms with Crippen LogP contribution in [0.4, 0.5) is 0 Å². The SMILES string of the molecule is COc1cccc2[nH]nc(C3=CCCN(C)C3)c12. The minimum Gasteiger partial charge on any atom is -0.496 e. The molecule has 0 atom stereocenters. The number of aromatic amines is 1. The van der Waals surface area contributed by atoms with Crippen molar-refractivity contribution in [3.05, 3.63) is 30.0 Å². The van der Waals surface area contributed by atoms with Crippen LogP contribution in [0.3, 0.4) is 0 Å². The molecule has 0 radical (unpaired) electrons. The van der Waals surface area contributed by atoms with E-state index in [9.17, 15) is 0 Å². The third-order valence-corrected chi connectivity index (χ3v) is 3.42. The normalized spacial score (nSPS) is 16.9. The van der Waals surface area contributed by atoms with Gasteiger partial charge in [-0.15, -0.1) is 0 Å². The highest BCUT2D eigenvalue weighted by Crippen LogP contribution is 2.32. The number of H-pyrrole nitrogens is 1. The number of aromatic nitrogens is 2. The minimum atomic E-state index is 0.880. The molecule has 0 bridgehead atoms. The fraction of sp³-hybridized carbons (Fsp3) is 0.357. The van der Waals surface area contributed by atoms with Crippen molar-refractivity contribution in [1.82, 2.24) is 15.1 Å². The fourth-order valence-electron chi connectivity index (χ4n) is 2.51. The molecule has 0 aliphatic carbocycles. The van der Waals surface area contributed by atoms with Gasteiger partial charge in [-0.2, -0.15) is 5.10 Å². The summed E-state index contributed by atoms with van der Waals surface area (Å²) in [5, 5.41) is 8.63. The van der Waals surface area contributed by atoms with Crippen LogP contribution in [-0.2, 0) is 0 Å². The molecule has 4 heteroatoms. The van der Waals surface area contributed by atoms with E-state index >= 15 is 0 Å². The summed E-state index contributed by atoms with van der Waals surface area (Å²) in [6.45, 7) is 2.06. The highest BCUT2D eigenvalue weighted by molar-refractivity contribution is 5.95. The number of methoxy groups -OCH3 is 1. The number of ether oxygens (including phenoxy) is 1. The van der Waals surface area contributed by atoms with Crippen LogP contribution in [0, 0.1) is 0 Å². The van der Waals surface area contributed by atoms with Crippen LogP contribution in [-0.4, -0.2) is 42.3 Å². The number of rotatable bonds is 2. The molecule has 1 aromatic carbocycles. The van der Waals surface area contributed by atoms with Gasteiger partial charge in [0, 0.05) is 13.1 Å². The largest absolute Gasteiger partial charge is 0.496 e. The van der Waals surface area contributed by atoms with E-state index < -0.39 is 0 Å². The van der Waals surface area contributed by atoms with Gasteiger partial charge in [0.05, 0.1) is 18.0 Å². The first kappa shape index (κ1) is 11.3. The molecular formula is C14H17N3O. The average Bonchev–Trinajstić information content (AvgIpc) is 2.82. The van der Waals surface area contributed by atoms with Crippen molar-refractivity contribution < 1.29 is 4.74 Å². The fourth-order valence-corrected chi connectivity index (χ4v) is 2.51. The first-order chi connectivity index (χ1) is 8.79. The Labute approximate surface area is 106 Å². The van der Waals surface area contributed by atoms with Crippen molar-refractivity contribution in [1.29, 1.82) is 0 Å². The maximum absolute atomic E-state index is 5.44. The standard InChI is InChI=1S/C14H17N3O/c1-17-8-4-5-10(9-17)14-13-11(15-16-14)6-3-7-12(13)18-2/h3,5-7H,4,8-9H2,1-2H3,(H,15,16). The number of nitrogens with zero attached hydrogens (tertiary/aromatic N) is 2. The Hall–Kier alpha value is -1.81. The molecule has 0 fully saturated rings. The summed E-state index contributed by atoms with van der Waals surface area (Å²) in [4.78, 5) is 2.31. The predicted octanol–water partition coefficient (Wildman–Crippen LogP) is 2.29. The number of hydrogen-bond acceptors (Lipinski definition) is 3. The highest BCUT2D eigenvalue weighted by Gasteiger charge is 2.17. The average molecular weight is 243 g/mol. The number of nitrogens with one attached hydrogen (secondary N) is 1. The molecule has 1 aliphatic heterocycles. The predicted molar refractivity (Wildman–Crippen MR) is 72.7 cm³/mol. The molecule has 94 valence electrons. The summed E-state index contributed by atoms with van der Waals surface area (Å²) in [6, 6.07) is 5.99. The number of benzene rings is 1. The Morgan fingerprint density at radius 2 is 2.28 bits per heavy atom. The van der Waals surface area contributed by atoms with Gasteiger partial charge in [0.1, 0.15) is 11.4 Å². The van der Waals surface area contributed by atoms with Crippen LogP contribution in [0.5, 0.6) is 5.75 Å². The summed E-state index contributed by atoms with van der Waals surface area (Å²) in [5.41, 5.74) is 3.33. The summed E-state index contributed by atoms with van der Waals surface area (Å²) < 4.78 is 5.44. The van der Waals surface area contributed by atoms with E-state index in [1.54, 1.807) is 7.11 Å². The van der Waals surface area contributed by atoms with Gasteiger partial charge in [-0.3, -0.25) is 5.10 Å². The van der Waals surface area contributed by atoms with Gasteiger partial charge < -0.3 is 9.64 Å². The smallest absolute Gasteiger partial charge is 0.130 e. The summed E-state index contributed by atoms with van der Waals surface area (Å²) in [5.74, 6) is 0.880. The maximum atomic E-state index is 5.44. The molecule has 0 amide bonds. The lowest BCUT2D eigenvalue weighted by molar-refractivity contribution is 0.372. The van der Waals surface area contributed by atoms with Crippen LogP contribution >= 0.6 is 0 Å². The summed E-state index contributed by atoms with van der Waals surface area (Å²) in [6.07, 6.45) is 3.36. The Balaban J connectivity index is 2.15. The molecule has 1 aliphatic rings. The molecule has 0 saturated carbocycles. The lowest BCUT2D eigenvalue weighted by Gasteiger charge is -2.22. The van der Waals surface area contributed by atoms with Gasteiger partial charge >= 0.3 is 0 Å². The van der Waals surface area contributed by atoms with Gasteiger partial charge in [0.25, 0.3) is 0 Å². The number of fused-ring (bicyclic) bond motifs is 1. The molecule has 0 unspecified atom stereocenters. The third-order valence-electron chi connectivity index (χ3n) is 3.42. The van der Waals surface area contributed by atoms with Crippen molar-refractivity contribution in [2.75, 3.05) is 27.2 Å². The zero-order valence-electron chi connectivity index (χ0n) is 10.7. The van der Waals surface area contributed by atoms with Crippen molar-refractivity contribution in [3.8, 4) is 5.75 Å². The Morgan fingerprint density at radius 3 is 3.06 bits per heavy atom. The highest BCUT2D eigenvalue weighted by atomic mass is 16.5. The van der Waals surface area contributed by atoms with Crippen LogP contribution < -0.4 is 4.74 Å². The quantitative estimate of drug-likeness (QED) is 0.879. The molecule has 0 spiro atoms. The molecule has 0 saturated heterocycles. The molecule has 4 nitrogen and oxygen atoms in total. The Bertz CT molecular complexity index is 600. The van der Waals surface area contributed by atoms with Gasteiger partial charge in [-0.25, -0.2) is 0 Å². The molecule has 3 rings (SSSR count). The molecule has 18 heavy (non-hydrogen) atoms. The molecule has 1 N–H and O–H groups in total. The van der Waals surface area contributed by atoms with E-state index in [-0.39, 0.29) is 0 Å². The molecular weight excluding hydrogens is 226 g/mol. The minimum absolute atomic E-state index is 0.880. The number of hydrogen-bond donors (Lipinski definition) is 1. The Morgan fingerprint density at radius 1 is 1.39 bits per heavy atom. The Kier molecular flexibility index (Phi) is 2.80. The van der Waals surface area contributed by atoms with E-state index in [1.165, 1.54) is 5.57 Å². The maximum Gasteiger partial charge on any atom is 0.130 e. The van der Waals surface area contributed by atoms with E-state index in [1.807, 2.05) is 18.2 Å². The molecule has 2 heterocycles. The zero-order chi connectivity index (χ0) is 12.5. The first-order valence-electron chi connectivity index (χ1n) is 6.18. The van der Waals surface area contributed by atoms with Crippen molar-refractivity contribution >= 4 is 16.5 Å². The van der Waals surface area contributed by atoms with Gasteiger partial charge in [0.2, 0.25) is 0 Å². The van der Waals surface area contributed by atoms with Crippen molar-refractivity contribution in [2.24, 2.45) is 0 Å². The monoisotopic (exact) mass is 243 g/mol. The van der Waals surface area contributed by atoms with E-state index in [0.717, 1.165) is 41.9 Å². The van der Waals surface area contributed by atoms with Crippen LogP contribution in [0.2, 0.25) is 0 Å². The topological polar surface area (TPSA) is 41.1 Å². The van der Waals surface area contributed by atoms with E-state index in [0.29, 0.717) is 0 Å². The number of likely N-dealkylation sites (N-methyl/N-ethyl adjacent to an activating group) is 1. The van der Waals surface area contributed by atoms with E-state index in [2.05, 4.69) is 28.2 Å². The lowest BCUT2D eigenvalue weighted by Crippen LogP contribution is -2.25. The zero-order valence-corrected chi connectivity index (χ0v) is 10.7. The third kappa shape index (κ3) is 1.78. The first-order valence-corrected chi connectivity index (χ1v) is 6.18. The van der Waals surface area contributed by atoms with Crippen molar-refractivity contribution in [3.63, 3.8) is 0 Å². The second kappa shape index (κ2) is 4.46. The van der Waals surface area contributed by atoms with Gasteiger partial charge in [-0.05, 0) is 31.2 Å². The van der Waals surface area contributed by atoms with Crippen LogP contribution in [0.1, 0.15) is 12.1 Å². The van der Waals surface area contributed by atoms with Crippen LogP contribution in [0.25, 0.3) is 16.5 Å². The second-order valence-corrected chi connectivity index (χ2v) is 4.71. The van der Waals surface area contributed by atoms with Gasteiger partial charge in [-0.1, -0.05) is 12.1 Å². The second-order valence-electron chi connectivity index (χ2n) is 4.71. The molecule has 1 aromatic heterocycles. The molecule has 2 aromatic rings.